The number of amides is 1. The molecule has 178 valence electrons. The van der Waals surface area contributed by atoms with Gasteiger partial charge < -0.3 is 14.5 Å². The number of hydrogen-bond donors (Lipinski definition) is 1. The van der Waals surface area contributed by atoms with E-state index in [0.717, 1.165) is 12.8 Å². The van der Waals surface area contributed by atoms with Crippen LogP contribution < -0.4 is 10.1 Å². The number of ether oxygens (including phenoxy) is 1. The third kappa shape index (κ3) is 5.21. The molecule has 1 N–H and O–H groups in total. The van der Waals surface area contributed by atoms with Crippen LogP contribution in [0, 0.1) is 12.8 Å². The Hall–Kier alpha value is -3.43. The Kier molecular flexibility index (Phi) is 6.85. The minimum atomic E-state index is -3.72. The number of nitrogens with zero attached hydrogens (tertiary/aromatic N) is 1. The first-order valence-electron chi connectivity index (χ1n) is 11.0. The summed E-state index contributed by atoms with van der Waals surface area (Å²) in [5, 5.41) is 2.66. The van der Waals surface area contributed by atoms with Crippen LogP contribution in [0.1, 0.15) is 46.2 Å². The quantitative estimate of drug-likeness (QED) is 0.410. The number of nitrogens with one attached hydrogen (secondary N) is 1. The molecule has 0 saturated carbocycles. The van der Waals surface area contributed by atoms with E-state index in [4.69, 9.17) is 9.15 Å². The van der Waals surface area contributed by atoms with Gasteiger partial charge in [0.1, 0.15) is 5.75 Å². The number of carbonyl (C=O) groups is 2. The van der Waals surface area contributed by atoms with Gasteiger partial charge in [0, 0.05) is 24.8 Å². The summed E-state index contributed by atoms with van der Waals surface area (Å²) in [7, 11) is -3.72. The standard InChI is InChI=1S/C25H26N2O6S/c1-17-10-12-27(13-11-17)34(30,31)23-15-19(9-8-18(23)2)25(29)33-21-6-3-5-20(16-21)26-24(28)22-7-4-14-32-22/h3-9,14-17H,10-13H2,1-2H3,(H,26,28). The van der Waals surface area contributed by atoms with Gasteiger partial charge in [-0.25, -0.2) is 13.2 Å². The average Bonchev–Trinajstić information content (AvgIpc) is 3.35. The zero-order valence-electron chi connectivity index (χ0n) is 19.0. The zero-order valence-corrected chi connectivity index (χ0v) is 19.8. The number of sulfonamides is 1. The lowest BCUT2D eigenvalue weighted by atomic mass is 10.0. The maximum absolute atomic E-state index is 13.2. The number of hydrogen-bond acceptors (Lipinski definition) is 6. The van der Waals surface area contributed by atoms with Crippen LogP contribution in [0.15, 0.2) is 70.2 Å². The van der Waals surface area contributed by atoms with Crippen LogP contribution in [0.4, 0.5) is 5.69 Å². The number of esters is 1. The van der Waals surface area contributed by atoms with Crippen LogP contribution in [0.2, 0.25) is 0 Å². The Morgan fingerprint density at radius 1 is 1.06 bits per heavy atom. The van der Waals surface area contributed by atoms with Crippen molar-refractivity contribution in [2.24, 2.45) is 5.92 Å². The van der Waals surface area contributed by atoms with Gasteiger partial charge >= 0.3 is 5.97 Å². The molecule has 0 unspecified atom stereocenters. The highest BCUT2D eigenvalue weighted by Gasteiger charge is 2.30. The normalized spacial score (nSPS) is 15.1. The van der Waals surface area contributed by atoms with Crippen molar-refractivity contribution in [2.75, 3.05) is 18.4 Å². The number of benzene rings is 2. The molecule has 0 bridgehead atoms. The second kappa shape index (κ2) is 9.82. The van der Waals surface area contributed by atoms with E-state index in [-0.39, 0.29) is 22.0 Å². The maximum Gasteiger partial charge on any atom is 0.343 e. The third-order valence-electron chi connectivity index (χ3n) is 5.83. The SMILES string of the molecule is Cc1ccc(C(=O)Oc2cccc(NC(=O)c3ccco3)c2)cc1S(=O)(=O)N1CCC(C)CC1. The molecule has 8 nitrogen and oxygen atoms in total. The summed E-state index contributed by atoms with van der Waals surface area (Å²) in [6.45, 7) is 4.76. The molecule has 1 aliphatic rings. The van der Waals surface area contributed by atoms with Crippen LogP contribution in [-0.4, -0.2) is 37.7 Å². The molecule has 0 radical (unpaired) electrons. The number of rotatable bonds is 6. The summed E-state index contributed by atoms with van der Waals surface area (Å²) in [5.74, 6) is -0.281. The minimum Gasteiger partial charge on any atom is -0.459 e. The van der Waals surface area contributed by atoms with Crippen LogP contribution in [-0.2, 0) is 10.0 Å². The van der Waals surface area contributed by atoms with Crippen LogP contribution in [0.25, 0.3) is 0 Å². The van der Waals surface area contributed by atoms with E-state index in [1.165, 1.54) is 34.8 Å². The van der Waals surface area contributed by atoms with Crippen molar-refractivity contribution < 1.29 is 27.2 Å². The highest BCUT2D eigenvalue weighted by atomic mass is 32.2. The van der Waals surface area contributed by atoms with E-state index in [1.807, 2.05) is 0 Å². The molecule has 1 aliphatic heterocycles. The molecule has 0 spiro atoms. The molecule has 1 fully saturated rings. The predicted molar refractivity (Wildman–Crippen MR) is 126 cm³/mol. The maximum atomic E-state index is 13.2. The summed E-state index contributed by atoms with van der Waals surface area (Å²) in [4.78, 5) is 25.1. The van der Waals surface area contributed by atoms with Gasteiger partial charge in [-0.3, -0.25) is 4.79 Å². The largest absolute Gasteiger partial charge is 0.459 e. The van der Waals surface area contributed by atoms with Gasteiger partial charge in [-0.15, -0.1) is 0 Å². The third-order valence-corrected chi connectivity index (χ3v) is 7.87. The first-order chi connectivity index (χ1) is 16.2. The Morgan fingerprint density at radius 2 is 1.82 bits per heavy atom. The molecule has 1 aromatic heterocycles. The first kappa shape index (κ1) is 23.7. The Morgan fingerprint density at radius 3 is 2.53 bits per heavy atom. The van der Waals surface area contributed by atoms with Crippen LogP contribution >= 0.6 is 0 Å². The smallest absolute Gasteiger partial charge is 0.343 e. The van der Waals surface area contributed by atoms with Gasteiger partial charge in [-0.2, -0.15) is 4.31 Å². The van der Waals surface area contributed by atoms with Crippen molar-refractivity contribution in [1.82, 2.24) is 4.31 Å². The molecule has 3 aromatic rings. The van der Waals surface area contributed by atoms with Gasteiger partial charge in [0.05, 0.1) is 16.7 Å². The molecule has 2 heterocycles. The number of aryl methyl sites for hydroxylation is 1. The second-order valence-electron chi connectivity index (χ2n) is 8.42. The first-order valence-corrected chi connectivity index (χ1v) is 12.5. The van der Waals surface area contributed by atoms with Crippen molar-refractivity contribution in [3.63, 3.8) is 0 Å². The van der Waals surface area contributed by atoms with Gasteiger partial charge in [0.15, 0.2) is 5.76 Å². The van der Waals surface area contributed by atoms with Gasteiger partial charge in [0.25, 0.3) is 5.91 Å². The Bertz CT molecular complexity index is 1290. The number of furan rings is 1. The summed E-state index contributed by atoms with van der Waals surface area (Å²) < 4.78 is 38.4. The number of piperidine rings is 1. The molecular formula is C25H26N2O6S. The summed E-state index contributed by atoms with van der Waals surface area (Å²) >= 11 is 0. The van der Waals surface area contributed by atoms with E-state index in [0.29, 0.717) is 30.3 Å². The fraction of sp³-hybridized carbons (Fsp3) is 0.280. The monoisotopic (exact) mass is 482 g/mol. The van der Waals surface area contributed by atoms with E-state index in [1.54, 1.807) is 37.3 Å². The van der Waals surface area contributed by atoms with Crippen LogP contribution in [0.3, 0.4) is 0 Å². The topological polar surface area (TPSA) is 106 Å². The van der Waals surface area contributed by atoms with Gasteiger partial charge in [-0.05, 0) is 67.6 Å². The highest BCUT2D eigenvalue weighted by molar-refractivity contribution is 7.89. The van der Waals surface area contributed by atoms with E-state index >= 15 is 0 Å². The minimum absolute atomic E-state index is 0.107. The van der Waals surface area contributed by atoms with Crippen molar-refractivity contribution >= 4 is 27.6 Å². The summed E-state index contributed by atoms with van der Waals surface area (Å²) in [5.41, 5.74) is 1.11. The summed E-state index contributed by atoms with van der Waals surface area (Å²) in [6, 6.07) is 14.0. The fourth-order valence-electron chi connectivity index (χ4n) is 3.77. The van der Waals surface area contributed by atoms with Crippen molar-refractivity contribution in [1.29, 1.82) is 0 Å². The summed E-state index contributed by atoms with van der Waals surface area (Å²) in [6.07, 6.45) is 3.02. The highest BCUT2D eigenvalue weighted by Crippen LogP contribution is 2.27. The molecular weight excluding hydrogens is 456 g/mol. The molecule has 34 heavy (non-hydrogen) atoms. The van der Waals surface area contributed by atoms with E-state index in [9.17, 15) is 18.0 Å². The molecule has 0 aliphatic carbocycles. The molecule has 9 heteroatoms. The lowest BCUT2D eigenvalue weighted by Crippen LogP contribution is -2.38. The second-order valence-corrected chi connectivity index (χ2v) is 10.3. The predicted octanol–water partition coefficient (Wildman–Crippen LogP) is 4.48. The zero-order chi connectivity index (χ0) is 24.3. The molecule has 1 amide bonds. The lowest BCUT2D eigenvalue weighted by molar-refractivity contribution is 0.0734. The van der Waals surface area contributed by atoms with E-state index < -0.39 is 21.9 Å². The lowest BCUT2D eigenvalue weighted by Gasteiger charge is -2.30. The average molecular weight is 483 g/mol. The van der Waals surface area contributed by atoms with Crippen molar-refractivity contribution in [3.8, 4) is 5.75 Å². The van der Waals surface area contributed by atoms with E-state index in [2.05, 4.69) is 12.2 Å². The number of anilines is 1. The molecule has 2 aromatic carbocycles. The van der Waals surface area contributed by atoms with Gasteiger partial charge in [0.2, 0.25) is 10.0 Å². The van der Waals surface area contributed by atoms with Crippen molar-refractivity contribution in [3.05, 3.63) is 77.7 Å². The molecule has 0 atom stereocenters. The molecule has 4 rings (SSSR count). The number of carbonyl (C=O) groups excluding carboxylic acids is 2. The Labute approximate surface area is 198 Å². The molecule has 1 saturated heterocycles. The Balaban J connectivity index is 1.50. The van der Waals surface area contributed by atoms with Gasteiger partial charge in [-0.1, -0.05) is 19.1 Å². The van der Waals surface area contributed by atoms with Crippen molar-refractivity contribution in [2.45, 2.75) is 31.6 Å². The van der Waals surface area contributed by atoms with Crippen LogP contribution in [0.5, 0.6) is 5.75 Å². The fourth-order valence-corrected chi connectivity index (χ4v) is 5.49.